The SMILES string of the molecule is C=C1C(C)=C(C#N)N(C)c2nc3ccccc3n21.Cc1c(C#N)nc2n(C)c3ccccc3n2c1=O.Cc1nc2sc3ccccc3n2c(=O)c1C. The number of nitrogens with zero attached hydrogens (tertiary/aromatic N) is 10. The van der Waals surface area contributed by atoms with E-state index in [-0.39, 0.29) is 16.8 Å². The van der Waals surface area contributed by atoms with Gasteiger partial charge in [-0.2, -0.15) is 10.5 Å². The molecular formula is C39H32N10O2S. The van der Waals surface area contributed by atoms with Gasteiger partial charge in [0.25, 0.3) is 11.1 Å². The lowest BCUT2D eigenvalue weighted by molar-refractivity contribution is 0.922. The van der Waals surface area contributed by atoms with Crippen LogP contribution in [0.5, 0.6) is 0 Å². The summed E-state index contributed by atoms with van der Waals surface area (Å²) in [5, 5.41) is 18.2. The number of aryl methyl sites for hydroxylation is 2. The summed E-state index contributed by atoms with van der Waals surface area (Å²) >= 11 is 1.55. The molecule has 0 saturated carbocycles. The third-order valence-corrected chi connectivity index (χ3v) is 10.4. The fourth-order valence-electron chi connectivity index (χ4n) is 6.30. The van der Waals surface area contributed by atoms with E-state index in [2.05, 4.69) is 27.6 Å². The fraction of sp³-hybridized carbons (Fsp3) is 0.154. The molecule has 52 heavy (non-hydrogen) atoms. The van der Waals surface area contributed by atoms with Crippen LogP contribution in [-0.4, -0.2) is 39.9 Å². The molecule has 0 atom stereocenters. The van der Waals surface area contributed by atoms with Gasteiger partial charge in [0.05, 0.1) is 37.8 Å². The number of hydrogen-bond donors (Lipinski definition) is 0. The number of thiazole rings is 1. The summed E-state index contributed by atoms with van der Waals surface area (Å²) in [6.07, 6.45) is 0. The Bertz CT molecular complexity index is 3030. The third kappa shape index (κ3) is 5.14. The Morgan fingerprint density at radius 3 is 2.02 bits per heavy atom. The van der Waals surface area contributed by atoms with Gasteiger partial charge in [-0.15, -0.1) is 0 Å². The van der Waals surface area contributed by atoms with Crippen LogP contribution in [0.1, 0.15) is 29.4 Å². The summed E-state index contributed by atoms with van der Waals surface area (Å²) in [6, 6.07) is 27.5. The number of hydrogen-bond acceptors (Lipinski definition) is 9. The average molecular weight is 705 g/mol. The van der Waals surface area contributed by atoms with Gasteiger partial charge < -0.3 is 9.47 Å². The number of nitriles is 2. The smallest absolute Gasteiger partial charge is 0.263 e. The summed E-state index contributed by atoms with van der Waals surface area (Å²) in [6.45, 7) is 11.3. The maximum Gasteiger partial charge on any atom is 0.263 e. The normalized spacial score (nSPS) is 12.5. The van der Waals surface area contributed by atoms with Gasteiger partial charge in [-0.3, -0.25) is 18.6 Å². The van der Waals surface area contributed by atoms with Crippen LogP contribution < -0.4 is 16.0 Å². The largest absolute Gasteiger partial charge is 0.313 e. The maximum absolute atomic E-state index is 12.3. The third-order valence-electron chi connectivity index (χ3n) is 9.35. The van der Waals surface area contributed by atoms with Gasteiger partial charge >= 0.3 is 0 Å². The highest BCUT2D eigenvalue weighted by molar-refractivity contribution is 7.23. The van der Waals surface area contributed by atoms with Crippen LogP contribution in [0.25, 0.3) is 48.7 Å². The summed E-state index contributed by atoms with van der Waals surface area (Å²) in [7, 11) is 3.69. The molecule has 0 spiro atoms. The molecule has 5 aromatic heterocycles. The lowest BCUT2D eigenvalue weighted by Crippen LogP contribution is -2.25. The van der Waals surface area contributed by atoms with Crippen molar-refractivity contribution in [3.05, 3.63) is 134 Å². The molecule has 0 saturated heterocycles. The van der Waals surface area contributed by atoms with Gasteiger partial charge in [-0.25, -0.2) is 19.4 Å². The van der Waals surface area contributed by atoms with E-state index in [9.17, 15) is 14.9 Å². The van der Waals surface area contributed by atoms with Gasteiger partial charge in [0.1, 0.15) is 17.8 Å². The quantitative estimate of drug-likeness (QED) is 0.171. The predicted octanol–water partition coefficient (Wildman–Crippen LogP) is 6.65. The van der Waals surface area contributed by atoms with Gasteiger partial charge in [0.15, 0.2) is 10.7 Å². The Morgan fingerprint density at radius 1 is 0.712 bits per heavy atom. The molecule has 12 nitrogen and oxygen atoms in total. The zero-order chi connectivity index (χ0) is 37.0. The molecule has 0 fully saturated rings. The Labute approximate surface area is 301 Å². The minimum Gasteiger partial charge on any atom is -0.313 e. The predicted molar refractivity (Wildman–Crippen MR) is 205 cm³/mol. The van der Waals surface area contributed by atoms with Gasteiger partial charge in [-0.05, 0) is 64.1 Å². The first-order valence-corrected chi connectivity index (χ1v) is 17.1. The van der Waals surface area contributed by atoms with Crippen molar-refractivity contribution in [1.29, 1.82) is 10.5 Å². The van der Waals surface area contributed by atoms with Crippen LogP contribution in [0.2, 0.25) is 0 Å². The highest BCUT2D eigenvalue weighted by Gasteiger charge is 2.26. The van der Waals surface area contributed by atoms with Crippen molar-refractivity contribution in [2.24, 2.45) is 7.05 Å². The molecule has 0 N–H and O–H groups in total. The Kier molecular flexibility index (Phi) is 8.29. The molecule has 1 aliphatic heterocycles. The molecular weight excluding hydrogens is 673 g/mol. The van der Waals surface area contributed by atoms with E-state index < -0.39 is 0 Å². The second-order valence-electron chi connectivity index (χ2n) is 12.3. The first-order chi connectivity index (χ1) is 25.0. The number of fused-ring (bicyclic) bond motifs is 9. The molecule has 8 aromatic rings. The van der Waals surface area contributed by atoms with E-state index in [4.69, 9.17) is 5.26 Å². The second kappa shape index (κ2) is 12.8. The van der Waals surface area contributed by atoms with E-state index in [1.165, 1.54) is 0 Å². The summed E-state index contributed by atoms with van der Waals surface area (Å²) in [5.74, 6) is 1.23. The van der Waals surface area contributed by atoms with Crippen LogP contribution in [-0.2, 0) is 7.05 Å². The molecule has 0 bridgehead atoms. The zero-order valence-corrected chi connectivity index (χ0v) is 30.1. The fourth-order valence-corrected chi connectivity index (χ4v) is 7.36. The number of para-hydroxylation sites is 5. The first kappa shape index (κ1) is 33.7. The van der Waals surface area contributed by atoms with Gasteiger partial charge in [-0.1, -0.05) is 54.3 Å². The Morgan fingerprint density at radius 2 is 1.33 bits per heavy atom. The lowest BCUT2D eigenvalue weighted by atomic mass is 10.1. The van der Waals surface area contributed by atoms with E-state index in [0.29, 0.717) is 17.0 Å². The molecule has 0 aliphatic carbocycles. The molecule has 0 amide bonds. The molecule has 13 heteroatoms. The number of anilines is 1. The zero-order valence-electron chi connectivity index (χ0n) is 29.3. The van der Waals surface area contributed by atoms with Crippen molar-refractivity contribution >= 4 is 66.0 Å². The molecule has 1 aliphatic rings. The van der Waals surface area contributed by atoms with Crippen molar-refractivity contribution in [3.8, 4) is 12.1 Å². The summed E-state index contributed by atoms with van der Waals surface area (Å²) in [5.41, 5.74) is 8.85. The standard InChI is InChI=1S/C14H12N4.C13H10N4O.C12H10N2OS/c1-9-10(2)18-12-7-5-4-6-11(12)16-14(18)17(3)13(9)8-15;1-8-9(7-14)15-13-16(2)10-5-3-4-6-11(10)17(13)12(8)18;1-7-8(2)13-12-14(11(7)15)9-5-3-4-6-10(9)16-12/h4-7H,2H2,1,3H3;3-6H,1-2H3;3-6H,1-2H3. The summed E-state index contributed by atoms with van der Waals surface area (Å²) < 4.78 is 8.15. The Hall–Kier alpha value is -6.83. The van der Waals surface area contributed by atoms with E-state index in [1.54, 1.807) is 27.1 Å². The van der Waals surface area contributed by atoms with Crippen LogP contribution in [0.4, 0.5) is 5.95 Å². The Balaban J connectivity index is 0.000000122. The van der Waals surface area contributed by atoms with E-state index in [0.717, 1.165) is 65.7 Å². The minimum absolute atomic E-state index is 0.0416. The van der Waals surface area contributed by atoms with Crippen LogP contribution >= 0.6 is 11.3 Å². The highest BCUT2D eigenvalue weighted by atomic mass is 32.1. The van der Waals surface area contributed by atoms with Gasteiger partial charge in [0.2, 0.25) is 11.7 Å². The minimum atomic E-state index is -0.187. The van der Waals surface area contributed by atoms with Crippen molar-refractivity contribution in [2.45, 2.75) is 27.7 Å². The molecule has 0 unspecified atom stereocenters. The first-order valence-electron chi connectivity index (χ1n) is 16.2. The van der Waals surface area contributed by atoms with Crippen LogP contribution in [0, 0.1) is 43.4 Å². The second-order valence-corrected chi connectivity index (χ2v) is 13.3. The number of rotatable bonds is 0. The van der Waals surface area contributed by atoms with Crippen molar-refractivity contribution in [3.63, 3.8) is 0 Å². The number of benzene rings is 3. The number of aromatic nitrogens is 7. The molecule has 6 heterocycles. The highest BCUT2D eigenvalue weighted by Crippen LogP contribution is 2.35. The van der Waals surface area contributed by atoms with Crippen LogP contribution in [0.15, 0.2) is 100 Å². The monoisotopic (exact) mass is 704 g/mol. The van der Waals surface area contributed by atoms with Crippen molar-refractivity contribution in [1.82, 2.24) is 32.9 Å². The topological polar surface area (TPSA) is 142 Å². The average Bonchev–Trinajstić information content (AvgIpc) is 3.82. The molecule has 256 valence electrons. The molecule has 0 radical (unpaired) electrons. The van der Waals surface area contributed by atoms with E-state index >= 15 is 0 Å². The van der Waals surface area contributed by atoms with Crippen molar-refractivity contribution in [2.75, 3.05) is 11.9 Å². The number of allylic oxidation sites excluding steroid dienone is 3. The lowest BCUT2D eigenvalue weighted by Gasteiger charge is -2.27. The van der Waals surface area contributed by atoms with Gasteiger partial charge in [0, 0.05) is 36.6 Å². The van der Waals surface area contributed by atoms with Crippen molar-refractivity contribution < 1.29 is 0 Å². The van der Waals surface area contributed by atoms with Crippen LogP contribution in [0.3, 0.4) is 0 Å². The van der Waals surface area contributed by atoms with E-state index in [1.807, 2.05) is 128 Å². The molecule has 3 aromatic carbocycles. The maximum atomic E-state index is 12.3. The number of imidazole rings is 2. The molecule has 9 rings (SSSR count). The summed E-state index contributed by atoms with van der Waals surface area (Å²) in [4.78, 5) is 40.3.